The molecule has 0 aliphatic carbocycles. The van der Waals surface area contributed by atoms with Crippen LogP contribution in [0.5, 0.6) is 0 Å². The lowest BCUT2D eigenvalue weighted by atomic mass is 9.91. The fourth-order valence-electron chi connectivity index (χ4n) is 4.68. The SMILES string of the molecule is Cc1nnn(Cc2cc(C(F)(F)F)ccc2CCC(=O)N2CCC(CC(c3ncc(S(N)(=O)=O)s3)S(=O)O)CC2)n1. The minimum absolute atomic E-state index is 0.00198. The number of alkyl halides is 3. The number of aryl methyl sites for hydroxylation is 2. The normalized spacial score (nSPS) is 16.6. The highest BCUT2D eigenvalue weighted by Crippen LogP contribution is 2.35. The number of hydrogen-bond acceptors (Lipinski definition) is 9. The predicted octanol–water partition coefficient (Wildman–Crippen LogP) is 2.68. The van der Waals surface area contributed by atoms with Gasteiger partial charge in [0.1, 0.15) is 10.3 Å². The highest BCUT2D eigenvalue weighted by Gasteiger charge is 2.32. The Labute approximate surface area is 240 Å². The number of tetrazole rings is 1. The average Bonchev–Trinajstić information content (AvgIpc) is 3.55. The number of aromatic nitrogens is 5. The van der Waals surface area contributed by atoms with Gasteiger partial charge in [0.25, 0.3) is 0 Å². The van der Waals surface area contributed by atoms with Crippen molar-refractivity contribution in [2.75, 3.05) is 13.1 Å². The standard InChI is InChI=1S/C23H28F3N7O5S3/c1-14-29-31-33(30-14)13-17-11-18(23(24,25)26)4-2-16(17)3-5-20(34)32-8-6-15(7-9-32)10-19(40(35)36)22-28-12-21(39-22)41(27,37)38/h2,4,11-12,15,19H,3,5-10,13H2,1H3,(H,35,36)(H2,27,37,38). The summed E-state index contributed by atoms with van der Waals surface area (Å²) in [4.78, 5) is 19.8. The topological polar surface area (TPSA) is 174 Å². The van der Waals surface area contributed by atoms with Gasteiger partial charge in [0.15, 0.2) is 21.1 Å². The molecule has 12 nitrogen and oxygen atoms in total. The van der Waals surface area contributed by atoms with E-state index in [9.17, 15) is 35.1 Å². The summed E-state index contributed by atoms with van der Waals surface area (Å²) in [5.74, 6) is 0.236. The molecule has 2 unspecified atom stereocenters. The first kappa shape index (κ1) is 31.1. The van der Waals surface area contributed by atoms with Gasteiger partial charge in [0.05, 0.1) is 18.3 Å². The largest absolute Gasteiger partial charge is 0.416 e. The number of hydrogen-bond donors (Lipinski definition) is 2. The Balaban J connectivity index is 1.35. The molecular formula is C23H28F3N7O5S3. The van der Waals surface area contributed by atoms with Crippen molar-refractivity contribution in [2.24, 2.45) is 11.1 Å². The molecule has 0 spiro atoms. The number of amides is 1. The molecule has 1 saturated heterocycles. The van der Waals surface area contributed by atoms with Crippen molar-refractivity contribution in [1.29, 1.82) is 0 Å². The lowest BCUT2D eigenvalue weighted by molar-refractivity contribution is -0.137. The number of rotatable bonds is 10. The van der Waals surface area contributed by atoms with Gasteiger partial charge in [-0.1, -0.05) is 6.07 Å². The van der Waals surface area contributed by atoms with Gasteiger partial charge in [-0.3, -0.25) is 4.79 Å². The number of halogens is 3. The molecule has 18 heteroatoms. The maximum atomic E-state index is 13.3. The van der Waals surface area contributed by atoms with Gasteiger partial charge in [0, 0.05) is 19.5 Å². The van der Waals surface area contributed by atoms with Crippen molar-refractivity contribution < 1.29 is 35.1 Å². The molecule has 3 aromatic rings. The van der Waals surface area contributed by atoms with Crippen LogP contribution in [0.2, 0.25) is 0 Å². The van der Waals surface area contributed by atoms with E-state index in [0.717, 1.165) is 29.7 Å². The van der Waals surface area contributed by atoms with Crippen molar-refractivity contribution in [3.05, 3.63) is 51.9 Å². The van der Waals surface area contributed by atoms with Crippen LogP contribution in [0, 0.1) is 12.8 Å². The van der Waals surface area contributed by atoms with E-state index in [4.69, 9.17) is 5.14 Å². The first-order valence-corrected chi connectivity index (χ1v) is 16.0. The summed E-state index contributed by atoms with van der Waals surface area (Å²) in [5.41, 5.74) is 0.119. The molecule has 2 aromatic heterocycles. The van der Waals surface area contributed by atoms with Crippen molar-refractivity contribution in [3.8, 4) is 0 Å². The minimum atomic E-state index is -4.52. The fourth-order valence-corrected chi connectivity index (χ4v) is 7.30. The lowest BCUT2D eigenvalue weighted by Gasteiger charge is -2.33. The number of likely N-dealkylation sites (tertiary alicyclic amines) is 1. The van der Waals surface area contributed by atoms with E-state index >= 15 is 0 Å². The van der Waals surface area contributed by atoms with Crippen LogP contribution in [-0.2, 0) is 45.0 Å². The van der Waals surface area contributed by atoms with E-state index < -0.39 is 38.1 Å². The van der Waals surface area contributed by atoms with Gasteiger partial charge in [-0.2, -0.15) is 18.0 Å². The van der Waals surface area contributed by atoms with Crippen molar-refractivity contribution in [2.45, 2.75) is 61.2 Å². The highest BCUT2D eigenvalue weighted by molar-refractivity contribution is 7.91. The van der Waals surface area contributed by atoms with Crippen LogP contribution in [0.15, 0.2) is 28.6 Å². The zero-order chi connectivity index (χ0) is 29.9. The van der Waals surface area contributed by atoms with E-state index in [0.29, 0.717) is 42.9 Å². The summed E-state index contributed by atoms with van der Waals surface area (Å²) in [7, 11) is -3.97. The molecule has 4 rings (SSSR count). The molecular weight excluding hydrogens is 607 g/mol. The summed E-state index contributed by atoms with van der Waals surface area (Å²) in [6.07, 6.45) is -1.72. The lowest BCUT2D eigenvalue weighted by Crippen LogP contribution is -2.39. The quantitative estimate of drug-likeness (QED) is 0.318. The molecule has 0 bridgehead atoms. The minimum Gasteiger partial charge on any atom is -0.343 e. The monoisotopic (exact) mass is 635 g/mol. The first-order valence-electron chi connectivity index (χ1n) is 12.5. The Morgan fingerprint density at radius 3 is 2.54 bits per heavy atom. The van der Waals surface area contributed by atoms with Gasteiger partial charge in [-0.15, -0.1) is 21.5 Å². The van der Waals surface area contributed by atoms with Crippen LogP contribution in [0.3, 0.4) is 0 Å². The smallest absolute Gasteiger partial charge is 0.343 e. The summed E-state index contributed by atoms with van der Waals surface area (Å²) >= 11 is -1.53. The summed E-state index contributed by atoms with van der Waals surface area (Å²) < 4.78 is 84.7. The molecule has 1 aliphatic rings. The van der Waals surface area contributed by atoms with Crippen LogP contribution < -0.4 is 5.14 Å². The molecule has 1 fully saturated rings. The van der Waals surface area contributed by atoms with Gasteiger partial charge in [0.2, 0.25) is 15.9 Å². The molecule has 3 heterocycles. The number of carbonyl (C=O) groups is 1. The molecule has 41 heavy (non-hydrogen) atoms. The summed E-state index contributed by atoms with van der Waals surface area (Å²) in [5, 5.41) is 16.1. The molecule has 1 aliphatic heterocycles. The number of carbonyl (C=O) groups excluding carboxylic acids is 1. The van der Waals surface area contributed by atoms with E-state index in [1.54, 1.807) is 11.8 Å². The van der Waals surface area contributed by atoms with Crippen molar-refractivity contribution in [1.82, 2.24) is 30.1 Å². The van der Waals surface area contributed by atoms with Crippen LogP contribution in [0.1, 0.15) is 58.5 Å². The number of benzene rings is 1. The van der Waals surface area contributed by atoms with E-state index in [2.05, 4.69) is 20.4 Å². The second-order valence-corrected chi connectivity index (χ2v) is 13.7. The first-order chi connectivity index (χ1) is 19.2. The number of nitrogens with zero attached hydrogens (tertiary/aromatic N) is 6. The summed E-state index contributed by atoms with van der Waals surface area (Å²) in [6, 6.07) is 3.40. The second kappa shape index (κ2) is 12.6. The number of nitrogens with two attached hydrogens (primary N) is 1. The van der Waals surface area contributed by atoms with Gasteiger partial charge in [-0.25, -0.2) is 22.7 Å². The number of piperidine rings is 1. The molecule has 0 saturated carbocycles. The third-order valence-electron chi connectivity index (χ3n) is 6.82. The third kappa shape index (κ3) is 8.15. The average molecular weight is 636 g/mol. The molecule has 2 atom stereocenters. The zero-order valence-corrected chi connectivity index (χ0v) is 24.3. The number of thiazole rings is 1. The second-order valence-electron chi connectivity index (χ2n) is 9.74. The predicted molar refractivity (Wildman–Crippen MR) is 142 cm³/mol. The maximum Gasteiger partial charge on any atom is 0.416 e. The fraction of sp³-hybridized carbons (Fsp3) is 0.522. The van der Waals surface area contributed by atoms with Gasteiger partial charge < -0.3 is 9.45 Å². The van der Waals surface area contributed by atoms with Crippen molar-refractivity contribution in [3.63, 3.8) is 0 Å². The molecule has 3 N–H and O–H groups in total. The van der Waals surface area contributed by atoms with Crippen LogP contribution in [0.4, 0.5) is 13.2 Å². The third-order valence-corrected chi connectivity index (χ3v) is 10.4. The number of sulfonamides is 1. The Hall–Kier alpha value is -2.80. The van der Waals surface area contributed by atoms with E-state index in [1.165, 1.54) is 10.9 Å². The van der Waals surface area contributed by atoms with Gasteiger partial charge >= 0.3 is 6.18 Å². The van der Waals surface area contributed by atoms with E-state index in [-0.39, 0.29) is 46.8 Å². The van der Waals surface area contributed by atoms with Crippen LogP contribution in [0.25, 0.3) is 0 Å². The van der Waals surface area contributed by atoms with Crippen LogP contribution >= 0.6 is 11.3 Å². The Morgan fingerprint density at radius 1 is 1.27 bits per heavy atom. The van der Waals surface area contributed by atoms with Gasteiger partial charge in [-0.05, 0) is 67.0 Å². The molecule has 1 aromatic carbocycles. The summed E-state index contributed by atoms with van der Waals surface area (Å²) in [6.45, 7) is 2.42. The Morgan fingerprint density at radius 2 is 1.98 bits per heavy atom. The van der Waals surface area contributed by atoms with E-state index in [1.807, 2.05) is 0 Å². The Kier molecular flexibility index (Phi) is 9.57. The molecule has 0 radical (unpaired) electrons. The molecule has 224 valence electrons. The Bertz CT molecular complexity index is 1520. The number of primary sulfonamides is 1. The molecule has 1 amide bonds. The maximum absolute atomic E-state index is 13.3. The zero-order valence-electron chi connectivity index (χ0n) is 21.8. The highest BCUT2D eigenvalue weighted by atomic mass is 32.2. The van der Waals surface area contributed by atoms with Crippen molar-refractivity contribution >= 4 is 38.3 Å². The van der Waals surface area contributed by atoms with Crippen LogP contribution in [-0.4, -0.2) is 66.3 Å².